The Hall–Kier alpha value is -4.74. The number of para-hydroxylation sites is 1. The van der Waals surface area contributed by atoms with Gasteiger partial charge in [-0.1, -0.05) is 42.5 Å². The van der Waals surface area contributed by atoms with Crippen molar-refractivity contribution in [2.75, 3.05) is 61.9 Å². The predicted octanol–water partition coefficient (Wildman–Crippen LogP) is 4.09. The van der Waals surface area contributed by atoms with Gasteiger partial charge in [-0.15, -0.1) is 0 Å². The van der Waals surface area contributed by atoms with E-state index in [1.807, 2.05) is 61.2 Å². The summed E-state index contributed by atoms with van der Waals surface area (Å²) in [6.45, 7) is 7.12. The van der Waals surface area contributed by atoms with Gasteiger partial charge >= 0.3 is 12.0 Å². The molecule has 2 fully saturated rings. The van der Waals surface area contributed by atoms with Crippen molar-refractivity contribution in [2.24, 2.45) is 5.92 Å². The number of aryl methyl sites for hydroxylation is 2. The van der Waals surface area contributed by atoms with Crippen LogP contribution in [0.3, 0.4) is 0 Å². The van der Waals surface area contributed by atoms with Crippen LogP contribution in [0.4, 0.5) is 21.9 Å². The molecule has 2 heterocycles. The van der Waals surface area contributed by atoms with Crippen LogP contribution in [0, 0.1) is 19.8 Å². The molecule has 2 unspecified atom stereocenters. The molecule has 0 spiro atoms. The van der Waals surface area contributed by atoms with E-state index in [2.05, 4.69) is 16.0 Å². The van der Waals surface area contributed by atoms with Crippen LogP contribution >= 0.6 is 0 Å². The molecule has 236 valence electrons. The molecular formula is C34H39N5O6. The van der Waals surface area contributed by atoms with Crippen molar-refractivity contribution in [1.29, 1.82) is 0 Å². The van der Waals surface area contributed by atoms with Gasteiger partial charge in [-0.25, -0.2) is 4.79 Å². The lowest BCUT2D eigenvalue weighted by molar-refractivity contribution is -0.142. The van der Waals surface area contributed by atoms with E-state index >= 15 is 0 Å². The number of nitrogens with zero attached hydrogens (tertiary/aromatic N) is 2. The molecule has 0 aromatic heterocycles. The van der Waals surface area contributed by atoms with Crippen LogP contribution in [-0.2, 0) is 25.5 Å². The maximum absolute atomic E-state index is 12.9. The molecule has 0 radical (unpaired) electrons. The number of benzene rings is 3. The first-order chi connectivity index (χ1) is 21.7. The molecule has 3 aromatic rings. The normalized spacial score (nSPS) is 18.3. The maximum Gasteiger partial charge on any atom is 0.323 e. The molecule has 2 atom stereocenters. The SMILES string of the molecule is Cc1ccccc1NC(=O)Nc1ccc(CC(=O)Nc2ccc(C3CN(C(=O)CN4CCOCC4)CC3C(=O)O)cc2)cc1C. The number of nitrogens with one attached hydrogen (secondary N) is 3. The van der Waals surface area contributed by atoms with Crippen LogP contribution in [0.1, 0.15) is 28.2 Å². The molecule has 45 heavy (non-hydrogen) atoms. The molecule has 3 aromatic carbocycles. The summed E-state index contributed by atoms with van der Waals surface area (Å²) in [5.74, 6) is -2.24. The number of rotatable bonds is 9. The van der Waals surface area contributed by atoms with E-state index in [-0.39, 0.29) is 43.3 Å². The zero-order valence-corrected chi connectivity index (χ0v) is 25.5. The zero-order valence-electron chi connectivity index (χ0n) is 25.5. The van der Waals surface area contributed by atoms with Gasteiger partial charge in [0, 0.05) is 49.2 Å². The number of likely N-dealkylation sites (tertiary alicyclic amines) is 1. The van der Waals surface area contributed by atoms with Gasteiger partial charge in [-0.3, -0.25) is 19.3 Å². The van der Waals surface area contributed by atoms with Crippen LogP contribution in [0.5, 0.6) is 0 Å². The Labute approximate surface area is 262 Å². The number of carbonyl (C=O) groups is 4. The summed E-state index contributed by atoms with van der Waals surface area (Å²) >= 11 is 0. The van der Waals surface area contributed by atoms with Crippen molar-refractivity contribution >= 4 is 40.9 Å². The summed E-state index contributed by atoms with van der Waals surface area (Å²) < 4.78 is 5.35. The Morgan fingerprint density at radius 3 is 2.20 bits per heavy atom. The molecular weight excluding hydrogens is 574 g/mol. The summed E-state index contributed by atoms with van der Waals surface area (Å²) in [7, 11) is 0. The van der Waals surface area contributed by atoms with E-state index in [0.29, 0.717) is 44.2 Å². The molecule has 0 saturated carbocycles. The number of carboxylic acid groups (broad SMARTS) is 1. The fourth-order valence-electron chi connectivity index (χ4n) is 5.82. The van der Waals surface area contributed by atoms with Crippen LogP contribution in [0.15, 0.2) is 66.7 Å². The summed E-state index contributed by atoms with van der Waals surface area (Å²) in [6, 6.07) is 19.8. The number of anilines is 3. The highest BCUT2D eigenvalue weighted by Gasteiger charge is 2.40. The van der Waals surface area contributed by atoms with Crippen molar-refractivity contribution in [2.45, 2.75) is 26.2 Å². The van der Waals surface area contributed by atoms with Gasteiger partial charge in [-0.2, -0.15) is 0 Å². The van der Waals surface area contributed by atoms with Crippen LogP contribution in [-0.4, -0.2) is 84.7 Å². The van der Waals surface area contributed by atoms with Gasteiger partial charge in [-0.05, 0) is 60.4 Å². The highest BCUT2D eigenvalue weighted by Crippen LogP contribution is 2.34. The lowest BCUT2D eigenvalue weighted by Gasteiger charge is -2.28. The van der Waals surface area contributed by atoms with Gasteiger partial charge in [0.2, 0.25) is 11.8 Å². The fourth-order valence-corrected chi connectivity index (χ4v) is 5.82. The highest BCUT2D eigenvalue weighted by molar-refractivity contribution is 6.00. The minimum atomic E-state index is -0.928. The van der Waals surface area contributed by atoms with Crippen molar-refractivity contribution in [1.82, 2.24) is 9.80 Å². The van der Waals surface area contributed by atoms with E-state index < -0.39 is 11.9 Å². The minimum absolute atomic E-state index is 0.0703. The van der Waals surface area contributed by atoms with Crippen LogP contribution in [0.2, 0.25) is 0 Å². The smallest absolute Gasteiger partial charge is 0.323 e. The summed E-state index contributed by atoms with van der Waals surface area (Å²) in [5.41, 5.74) is 5.37. The lowest BCUT2D eigenvalue weighted by atomic mass is 9.89. The van der Waals surface area contributed by atoms with E-state index in [1.165, 1.54) is 0 Å². The Morgan fingerprint density at radius 1 is 0.844 bits per heavy atom. The Kier molecular flexibility index (Phi) is 10.1. The molecule has 4 amide bonds. The first kappa shape index (κ1) is 31.7. The number of carbonyl (C=O) groups excluding carboxylic acids is 3. The van der Waals surface area contributed by atoms with E-state index in [0.717, 1.165) is 27.9 Å². The second-order valence-electron chi connectivity index (χ2n) is 11.6. The molecule has 0 aliphatic carbocycles. The molecule has 11 nitrogen and oxygen atoms in total. The fraction of sp³-hybridized carbons (Fsp3) is 0.353. The van der Waals surface area contributed by atoms with Gasteiger partial charge < -0.3 is 30.7 Å². The van der Waals surface area contributed by atoms with Crippen LogP contribution < -0.4 is 16.0 Å². The second-order valence-corrected chi connectivity index (χ2v) is 11.6. The third-order valence-electron chi connectivity index (χ3n) is 8.37. The van der Waals surface area contributed by atoms with E-state index in [9.17, 15) is 24.3 Å². The Bertz CT molecular complexity index is 1550. The van der Waals surface area contributed by atoms with Gasteiger partial charge in [0.1, 0.15) is 0 Å². The monoisotopic (exact) mass is 613 g/mol. The lowest BCUT2D eigenvalue weighted by Crippen LogP contribution is -2.44. The quantitative estimate of drug-likeness (QED) is 0.285. The van der Waals surface area contributed by atoms with Crippen LogP contribution in [0.25, 0.3) is 0 Å². The largest absolute Gasteiger partial charge is 0.481 e. The number of morpholine rings is 1. The predicted molar refractivity (Wildman–Crippen MR) is 171 cm³/mol. The zero-order chi connectivity index (χ0) is 31.9. The number of amides is 4. The molecule has 5 rings (SSSR count). The average Bonchev–Trinajstić information content (AvgIpc) is 3.47. The third-order valence-corrected chi connectivity index (χ3v) is 8.37. The first-order valence-electron chi connectivity index (χ1n) is 15.1. The number of hydrogen-bond acceptors (Lipinski definition) is 6. The minimum Gasteiger partial charge on any atom is -0.481 e. The molecule has 0 bridgehead atoms. The van der Waals surface area contributed by atoms with Gasteiger partial charge in [0.25, 0.3) is 0 Å². The summed E-state index contributed by atoms with van der Waals surface area (Å²) in [4.78, 5) is 54.0. The highest BCUT2D eigenvalue weighted by atomic mass is 16.5. The number of urea groups is 1. The second kappa shape index (κ2) is 14.4. The Morgan fingerprint density at radius 2 is 1.53 bits per heavy atom. The molecule has 2 aliphatic heterocycles. The van der Waals surface area contributed by atoms with Crippen molar-refractivity contribution in [3.8, 4) is 0 Å². The summed E-state index contributed by atoms with van der Waals surface area (Å²) in [5, 5.41) is 18.5. The first-order valence-corrected chi connectivity index (χ1v) is 15.1. The van der Waals surface area contributed by atoms with Crippen molar-refractivity contribution in [3.63, 3.8) is 0 Å². The molecule has 11 heteroatoms. The van der Waals surface area contributed by atoms with Gasteiger partial charge in [0.05, 0.1) is 32.1 Å². The maximum atomic E-state index is 12.9. The molecule has 2 saturated heterocycles. The number of ether oxygens (including phenoxy) is 1. The third kappa shape index (κ3) is 8.25. The molecule has 4 N–H and O–H groups in total. The van der Waals surface area contributed by atoms with Crippen molar-refractivity contribution in [3.05, 3.63) is 89.0 Å². The van der Waals surface area contributed by atoms with E-state index in [1.54, 1.807) is 29.2 Å². The topological polar surface area (TPSA) is 140 Å². The van der Waals surface area contributed by atoms with E-state index in [4.69, 9.17) is 4.74 Å². The average molecular weight is 614 g/mol. The Balaban J connectivity index is 1.14. The van der Waals surface area contributed by atoms with Crippen molar-refractivity contribution < 1.29 is 29.0 Å². The molecule has 2 aliphatic rings. The van der Waals surface area contributed by atoms with Gasteiger partial charge in [0.15, 0.2) is 0 Å². The number of carboxylic acids is 1. The number of aliphatic carboxylic acids is 1. The standard InChI is InChI=1S/C34H39N5O6/c1-22-5-3-4-6-29(22)36-34(44)37-30-12-7-24(17-23(30)2)18-31(40)35-26-10-8-25(9-11-26)27-19-39(20-28(27)33(42)43)32(41)21-38-13-15-45-16-14-38/h3-12,17,27-28H,13-16,18-21H2,1-2H3,(H,35,40)(H,42,43)(H2,36,37,44). The number of hydrogen-bond donors (Lipinski definition) is 4. The summed E-state index contributed by atoms with van der Waals surface area (Å²) in [6.07, 6.45) is 0.141.